The summed E-state index contributed by atoms with van der Waals surface area (Å²) in [6.07, 6.45) is 4.76. The normalized spacial score (nSPS) is 11.9. The van der Waals surface area contributed by atoms with Gasteiger partial charge >= 0.3 is 0 Å². The van der Waals surface area contributed by atoms with Gasteiger partial charge in [-0.05, 0) is 29.8 Å². The van der Waals surface area contributed by atoms with Crippen molar-refractivity contribution < 1.29 is 12.8 Å². The van der Waals surface area contributed by atoms with E-state index in [-0.39, 0.29) is 0 Å². The van der Waals surface area contributed by atoms with Crippen molar-refractivity contribution in [2.24, 2.45) is 0 Å². The first kappa shape index (κ1) is 15.6. The third-order valence-corrected chi connectivity index (χ3v) is 5.00. The number of benzene rings is 2. The molecular weight excluding hydrogens is 338 g/mol. The predicted molar refractivity (Wildman–Crippen MR) is 93.9 cm³/mol. The molecule has 0 aliphatic heterocycles. The summed E-state index contributed by atoms with van der Waals surface area (Å²) >= 11 is 0. The van der Waals surface area contributed by atoms with Crippen molar-refractivity contribution in [3.63, 3.8) is 0 Å². The monoisotopic (exact) mass is 353 g/mol. The minimum atomic E-state index is -3.18. The van der Waals surface area contributed by atoms with Crippen molar-refractivity contribution in [2.75, 3.05) is 6.26 Å². The summed E-state index contributed by atoms with van der Waals surface area (Å²) in [5.74, 6) is 0.528. The largest absolute Gasteiger partial charge is 0.436 e. The number of sulfone groups is 1. The number of nitrogens with zero attached hydrogens (tertiary/aromatic N) is 3. The van der Waals surface area contributed by atoms with E-state index in [1.807, 2.05) is 30.5 Å². The summed E-state index contributed by atoms with van der Waals surface area (Å²) in [6.45, 7) is 0.532. The van der Waals surface area contributed by atoms with Crippen LogP contribution >= 0.6 is 0 Å². The first-order valence-electron chi connectivity index (χ1n) is 7.66. The van der Waals surface area contributed by atoms with E-state index in [1.165, 1.54) is 6.26 Å². The molecular formula is C18H15N3O3S. The van der Waals surface area contributed by atoms with Gasteiger partial charge in [0, 0.05) is 12.5 Å². The van der Waals surface area contributed by atoms with Crippen molar-refractivity contribution in [1.29, 1.82) is 0 Å². The Morgan fingerprint density at radius 2 is 1.84 bits per heavy atom. The lowest BCUT2D eigenvalue weighted by atomic mass is 10.2. The Bertz CT molecular complexity index is 1110. The van der Waals surface area contributed by atoms with Gasteiger partial charge in [-0.1, -0.05) is 24.3 Å². The molecule has 0 aliphatic carbocycles. The summed E-state index contributed by atoms with van der Waals surface area (Å²) in [7, 11) is -3.18. The summed E-state index contributed by atoms with van der Waals surface area (Å²) in [4.78, 5) is 4.76. The average molecular weight is 353 g/mol. The molecule has 2 aromatic carbocycles. The maximum atomic E-state index is 11.5. The third-order valence-electron chi connectivity index (χ3n) is 3.87. The first-order chi connectivity index (χ1) is 12.0. The molecule has 0 radical (unpaired) electrons. The fraction of sp³-hybridized carbons (Fsp3) is 0.111. The summed E-state index contributed by atoms with van der Waals surface area (Å²) in [5, 5.41) is 4.33. The average Bonchev–Trinajstić information content (AvgIpc) is 3.20. The quantitative estimate of drug-likeness (QED) is 0.563. The third kappa shape index (κ3) is 3.18. The van der Waals surface area contributed by atoms with Crippen LogP contribution in [0.15, 0.2) is 70.2 Å². The van der Waals surface area contributed by atoms with Gasteiger partial charge in [0.25, 0.3) is 0 Å². The highest BCUT2D eigenvalue weighted by Gasteiger charge is 2.11. The number of para-hydroxylation sites is 2. The fourth-order valence-corrected chi connectivity index (χ4v) is 3.22. The van der Waals surface area contributed by atoms with Crippen LogP contribution in [-0.2, 0) is 16.4 Å². The molecule has 0 bridgehead atoms. The topological polar surface area (TPSA) is 78.0 Å². The zero-order chi connectivity index (χ0) is 17.4. The zero-order valence-electron chi connectivity index (χ0n) is 13.5. The van der Waals surface area contributed by atoms with E-state index < -0.39 is 9.84 Å². The second kappa shape index (κ2) is 5.86. The van der Waals surface area contributed by atoms with Gasteiger partial charge in [0.1, 0.15) is 5.52 Å². The Balaban J connectivity index is 1.57. The van der Waals surface area contributed by atoms with E-state index in [2.05, 4.69) is 10.1 Å². The first-order valence-corrected chi connectivity index (χ1v) is 9.55. The van der Waals surface area contributed by atoms with Gasteiger partial charge < -0.3 is 4.42 Å². The Kier molecular flexibility index (Phi) is 3.65. The summed E-state index contributed by atoms with van der Waals surface area (Å²) in [5.41, 5.74) is 3.30. The van der Waals surface area contributed by atoms with Crippen LogP contribution in [0.1, 0.15) is 5.56 Å². The van der Waals surface area contributed by atoms with Gasteiger partial charge in [-0.15, -0.1) is 0 Å². The molecule has 0 spiro atoms. The Hall–Kier alpha value is -2.93. The van der Waals surface area contributed by atoms with Gasteiger partial charge in [-0.2, -0.15) is 5.10 Å². The molecule has 6 nitrogen and oxygen atoms in total. The number of oxazole rings is 1. The number of rotatable bonds is 4. The molecule has 126 valence electrons. The molecule has 4 aromatic rings. The van der Waals surface area contributed by atoms with Crippen LogP contribution in [0.2, 0.25) is 0 Å². The van der Waals surface area contributed by atoms with Crippen molar-refractivity contribution in [3.8, 4) is 11.5 Å². The van der Waals surface area contributed by atoms with Gasteiger partial charge in [-0.25, -0.2) is 13.4 Å². The molecule has 0 atom stereocenters. The lowest BCUT2D eigenvalue weighted by Gasteiger charge is -2.03. The van der Waals surface area contributed by atoms with Crippen molar-refractivity contribution >= 4 is 20.9 Å². The Morgan fingerprint density at radius 1 is 1.08 bits per heavy atom. The highest BCUT2D eigenvalue weighted by atomic mass is 32.2. The fourth-order valence-electron chi connectivity index (χ4n) is 2.59. The number of hydrogen-bond acceptors (Lipinski definition) is 5. The molecule has 7 heteroatoms. The smallest absolute Gasteiger partial charge is 0.230 e. The molecule has 0 amide bonds. The second-order valence-corrected chi connectivity index (χ2v) is 7.85. The maximum Gasteiger partial charge on any atom is 0.230 e. The van der Waals surface area contributed by atoms with E-state index in [4.69, 9.17) is 4.42 Å². The second-order valence-electron chi connectivity index (χ2n) is 5.83. The van der Waals surface area contributed by atoms with E-state index in [1.54, 1.807) is 35.1 Å². The standard InChI is InChI=1S/C18H15N3O3S/c1-25(22,23)15-8-6-13(7-9-15)11-21-12-14(10-19-21)18-20-16-4-2-3-5-17(16)24-18/h2-10,12H,11H2,1H3. The SMILES string of the molecule is CS(=O)(=O)c1ccc(Cn2cc(-c3nc4ccccc4o3)cn2)cc1. The Labute approximate surface area is 144 Å². The van der Waals surface area contributed by atoms with Crippen LogP contribution in [0.5, 0.6) is 0 Å². The number of hydrogen-bond donors (Lipinski definition) is 0. The van der Waals surface area contributed by atoms with Gasteiger partial charge in [0.05, 0.1) is 23.2 Å². The maximum absolute atomic E-state index is 11.5. The minimum absolute atomic E-state index is 0.309. The molecule has 0 saturated heterocycles. The van der Waals surface area contributed by atoms with Crippen LogP contribution < -0.4 is 0 Å². The highest BCUT2D eigenvalue weighted by Crippen LogP contribution is 2.23. The van der Waals surface area contributed by atoms with Gasteiger partial charge in [-0.3, -0.25) is 4.68 Å². The summed E-state index contributed by atoms with van der Waals surface area (Å²) < 4.78 is 30.5. The van der Waals surface area contributed by atoms with Crippen molar-refractivity contribution in [1.82, 2.24) is 14.8 Å². The van der Waals surface area contributed by atoms with Gasteiger partial charge in [0.2, 0.25) is 5.89 Å². The number of aromatic nitrogens is 3. The summed E-state index contributed by atoms with van der Waals surface area (Å²) in [6, 6.07) is 14.4. The number of fused-ring (bicyclic) bond motifs is 1. The molecule has 0 unspecified atom stereocenters. The molecule has 2 aromatic heterocycles. The lowest BCUT2D eigenvalue weighted by Crippen LogP contribution is -2.01. The van der Waals surface area contributed by atoms with Crippen LogP contribution in [0.4, 0.5) is 0 Å². The molecule has 0 N–H and O–H groups in total. The van der Waals surface area contributed by atoms with E-state index in [9.17, 15) is 8.42 Å². The highest BCUT2D eigenvalue weighted by molar-refractivity contribution is 7.90. The van der Waals surface area contributed by atoms with Crippen LogP contribution in [0.3, 0.4) is 0 Å². The molecule has 2 heterocycles. The van der Waals surface area contributed by atoms with E-state index >= 15 is 0 Å². The van der Waals surface area contributed by atoms with E-state index in [0.29, 0.717) is 17.3 Å². The Morgan fingerprint density at radius 3 is 2.56 bits per heavy atom. The van der Waals surface area contributed by atoms with Crippen molar-refractivity contribution in [3.05, 3.63) is 66.5 Å². The zero-order valence-corrected chi connectivity index (χ0v) is 14.3. The molecule has 4 rings (SSSR count). The lowest BCUT2D eigenvalue weighted by molar-refractivity contribution is 0.601. The van der Waals surface area contributed by atoms with Gasteiger partial charge in [0.15, 0.2) is 15.4 Å². The van der Waals surface area contributed by atoms with Crippen LogP contribution in [-0.4, -0.2) is 29.4 Å². The van der Waals surface area contributed by atoms with Crippen LogP contribution in [0.25, 0.3) is 22.6 Å². The van der Waals surface area contributed by atoms with E-state index in [0.717, 1.165) is 22.2 Å². The molecule has 25 heavy (non-hydrogen) atoms. The van der Waals surface area contributed by atoms with Crippen molar-refractivity contribution in [2.45, 2.75) is 11.4 Å². The molecule has 0 saturated carbocycles. The molecule has 0 aliphatic rings. The minimum Gasteiger partial charge on any atom is -0.436 e. The predicted octanol–water partition coefficient (Wildman–Crippen LogP) is 3.14. The van der Waals surface area contributed by atoms with Crippen LogP contribution in [0, 0.1) is 0 Å². The molecule has 0 fully saturated rings.